The average molecular weight is 273 g/mol. The van der Waals surface area contributed by atoms with Crippen molar-refractivity contribution in [3.63, 3.8) is 0 Å². The van der Waals surface area contributed by atoms with Crippen LogP contribution < -0.4 is 5.73 Å². The third kappa shape index (κ3) is 2.56. The number of thiazole rings is 1. The van der Waals surface area contributed by atoms with E-state index in [4.69, 9.17) is 5.73 Å². The number of aromatic nitrogens is 1. The van der Waals surface area contributed by atoms with Crippen molar-refractivity contribution in [1.29, 1.82) is 0 Å². The summed E-state index contributed by atoms with van der Waals surface area (Å²) in [6.45, 7) is 4.69. The second-order valence-electron chi connectivity index (χ2n) is 5.03. The Labute approximate surface area is 118 Å². The largest absolute Gasteiger partial charge is 0.329 e. The summed E-state index contributed by atoms with van der Waals surface area (Å²) in [6.07, 6.45) is 1.11. The van der Waals surface area contributed by atoms with Gasteiger partial charge < -0.3 is 5.73 Å². The van der Waals surface area contributed by atoms with Gasteiger partial charge in [0.05, 0.1) is 10.7 Å². The molecule has 0 radical (unpaired) electrons. The maximum absolute atomic E-state index is 6.01. The average Bonchev–Trinajstić information content (AvgIpc) is 2.84. The minimum Gasteiger partial charge on any atom is -0.329 e. The van der Waals surface area contributed by atoms with Crippen LogP contribution in [-0.4, -0.2) is 23.0 Å². The maximum atomic E-state index is 6.01. The number of benzene rings is 1. The molecule has 0 spiro atoms. The smallest absolute Gasteiger partial charge is 0.0897 e. The van der Waals surface area contributed by atoms with Gasteiger partial charge in [0, 0.05) is 31.1 Å². The molecule has 1 unspecified atom stereocenters. The molecule has 0 fully saturated rings. The summed E-state index contributed by atoms with van der Waals surface area (Å²) < 4.78 is 0. The number of nitrogens with zero attached hydrogens (tertiary/aromatic N) is 2. The molecular formula is C15H19N3S. The molecule has 100 valence electrons. The molecule has 1 atom stereocenters. The minimum absolute atomic E-state index is 0.326. The van der Waals surface area contributed by atoms with Gasteiger partial charge in [0.15, 0.2) is 0 Å². The lowest BCUT2D eigenvalue weighted by atomic mass is 9.92. The summed E-state index contributed by atoms with van der Waals surface area (Å²) in [5.74, 6) is 0. The van der Waals surface area contributed by atoms with E-state index < -0.39 is 0 Å². The van der Waals surface area contributed by atoms with Crippen LogP contribution in [0.1, 0.15) is 27.9 Å². The van der Waals surface area contributed by atoms with Gasteiger partial charge in [-0.3, -0.25) is 4.90 Å². The maximum Gasteiger partial charge on any atom is 0.0897 e. The van der Waals surface area contributed by atoms with E-state index in [0.717, 1.165) is 24.5 Å². The van der Waals surface area contributed by atoms with Crippen molar-refractivity contribution in [3.8, 4) is 0 Å². The fourth-order valence-corrected chi connectivity index (χ4v) is 3.46. The Kier molecular flexibility index (Phi) is 3.64. The third-order valence-electron chi connectivity index (χ3n) is 3.78. The number of nitrogens with two attached hydrogens (primary N) is 1. The van der Waals surface area contributed by atoms with E-state index in [1.54, 1.807) is 11.3 Å². The normalized spacial score (nSPS) is 19.4. The van der Waals surface area contributed by atoms with Crippen molar-refractivity contribution >= 4 is 11.3 Å². The number of rotatable bonds is 3. The number of aryl methyl sites for hydroxylation is 1. The van der Waals surface area contributed by atoms with E-state index in [1.807, 2.05) is 0 Å². The van der Waals surface area contributed by atoms with Gasteiger partial charge in [-0.2, -0.15) is 0 Å². The van der Waals surface area contributed by atoms with Gasteiger partial charge >= 0.3 is 0 Å². The van der Waals surface area contributed by atoms with Gasteiger partial charge in [-0.05, 0) is 24.5 Å². The molecule has 0 aliphatic carbocycles. The summed E-state index contributed by atoms with van der Waals surface area (Å²) in [5.41, 5.74) is 10.0. The lowest BCUT2D eigenvalue weighted by molar-refractivity contribution is 0.179. The summed E-state index contributed by atoms with van der Waals surface area (Å²) in [5, 5.41) is 3.29. The van der Waals surface area contributed by atoms with Crippen molar-refractivity contribution in [3.05, 3.63) is 51.5 Å². The zero-order valence-corrected chi connectivity index (χ0v) is 12.0. The quantitative estimate of drug-likeness (QED) is 0.934. The zero-order chi connectivity index (χ0) is 13.2. The highest BCUT2D eigenvalue weighted by Gasteiger charge is 2.26. The second-order valence-corrected chi connectivity index (χ2v) is 6.09. The predicted molar refractivity (Wildman–Crippen MR) is 79.2 cm³/mol. The van der Waals surface area contributed by atoms with Gasteiger partial charge in [-0.1, -0.05) is 24.3 Å². The van der Waals surface area contributed by atoms with Crippen molar-refractivity contribution in [1.82, 2.24) is 9.88 Å². The van der Waals surface area contributed by atoms with Crippen molar-refractivity contribution in [2.75, 3.05) is 13.1 Å². The van der Waals surface area contributed by atoms with Crippen molar-refractivity contribution in [2.24, 2.45) is 5.73 Å². The Morgan fingerprint density at radius 3 is 3.00 bits per heavy atom. The molecule has 0 saturated heterocycles. The fourth-order valence-electron chi connectivity index (χ4n) is 2.86. The highest BCUT2D eigenvalue weighted by atomic mass is 32.1. The molecule has 1 aromatic heterocycles. The van der Waals surface area contributed by atoms with Crippen LogP contribution in [0.15, 0.2) is 29.6 Å². The van der Waals surface area contributed by atoms with Gasteiger partial charge in [0.2, 0.25) is 0 Å². The Hall–Kier alpha value is -1.23. The van der Waals surface area contributed by atoms with Crippen molar-refractivity contribution < 1.29 is 0 Å². The summed E-state index contributed by atoms with van der Waals surface area (Å²) in [4.78, 5) is 7.02. The van der Waals surface area contributed by atoms with E-state index >= 15 is 0 Å². The predicted octanol–water partition coefficient (Wildman–Crippen LogP) is 2.51. The Balaban J connectivity index is 1.84. The SMILES string of the molecule is Cc1nc(CN2CCc3ccccc3C2CN)cs1. The Morgan fingerprint density at radius 1 is 1.42 bits per heavy atom. The van der Waals surface area contributed by atoms with Gasteiger partial charge in [-0.15, -0.1) is 11.3 Å². The summed E-state index contributed by atoms with van der Waals surface area (Å²) in [7, 11) is 0. The molecule has 19 heavy (non-hydrogen) atoms. The standard InChI is InChI=1S/C15H19N3S/c1-11-17-13(10-19-11)9-18-7-6-12-4-2-3-5-14(12)15(18)8-16/h2-5,10,15H,6-9,16H2,1H3. The molecule has 0 bridgehead atoms. The lowest BCUT2D eigenvalue weighted by Gasteiger charge is -2.36. The van der Waals surface area contributed by atoms with E-state index in [2.05, 4.69) is 46.5 Å². The fraction of sp³-hybridized carbons (Fsp3) is 0.400. The minimum atomic E-state index is 0.326. The van der Waals surface area contributed by atoms with Crippen LogP contribution in [0.3, 0.4) is 0 Å². The molecular weight excluding hydrogens is 254 g/mol. The first-order valence-corrected chi connectivity index (χ1v) is 7.59. The topological polar surface area (TPSA) is 42.2 Å². The van der Waals surface area contributed by atoms with Crippen molar-refractivity contribution in [2.45, 2.75) is 25.9 Å². The molecule has 3 nitrogen and oxygen atoms in total. The molecule has 1 aliphatic heterocycles. The van der Waals surface area contributed by atoms with E-state index in [9.17, 15) is 0 Å². The first kappa shape index (κ1) is 12.8. The molecule has 0 amide bonds. The summed E-state index contributed by atoms with van der Waals surface area (Å²) in [6, 6.07) is 8.99. The van der Waals surface area contributed by atoms with Gasteiger partial charge in [0.1, 0.15) is 0 Å². The number of hydrogen-bond donors (Lipinski definition) is 1. The third-order valence-corrected chi connectivity index (χ3v) is 4.60. The molecule has 4 heteroatoms. The highest BCUT2D eigenvalue weighted by molar-refractivity contribution is 7.09. The van der Waals surface area contributed by atoms with Gasteiger partial charge in [0.25, 0.3) is 0 Å². The molecule has 2 heterocycles. The van der Waals surface area contributed by atoms with E-state index in [1.165, 1.54) is 16.8 Å². The van der Waals surface area contributed by atoms with E-state index in [-0.39, 0.29) is 0 Å². The molecule has 1 aromatic carbocycles. The monoisotopic (exact) mass is 273 g/mol. The van der Waals surface area contributed by atoms with Crippen LogP contribution in [0.25, 0.3) is 0 Å². The van der Waals surface area contributed by atoms with Crippen LogP contribution in [0, 0.1) is 6.92 Å². The Bertz CT molecular complexity index is 564. The van der Waals surface area contributed by atoms with Crippen LogP contribution in [0.5, 0.6) is 0 Å². The van der Waals surface area contributed by atoms with Crippen LogP contribution in [0.2, 0.25) is 0 Å². The Morgan fingerprint density at radius 2 is 2.26 bits per heavy atom. The molecule has 2 N–H and O–H groups in total. The molecule has 0 saturated carbocycles. The second kappa shape index (κ2) is 5.41. The number of fused-ring (bicyclic) bond motifs is 1. The lowest BCUT2D eigenvalue weighted by Crippen LogP contribution is -2.38. The van der Waals surface area contributed by atoms with Crippen LogP contribution in [0.4, 0.5) is 0 Å². The summed E-state index contributed by atoms with van der Waals surface area (Å²) >= 11 is 1.72. The van der Waals surface area contributed by atoms with Gasteiger partial charge in [-0.25, -0.2) is 4.98 Å². The first-order chi connectivity index (χ1) is 9.28. The zero-order valence-electron chi connectivity index (χ0n) is 11.2. The van der Waals surface area contributed by atoms with E-state index in [0.29, 0.717) is 12.6 Å². The van der Waals surface area contributed by atoms with Crippen LogP contribution >= 0.6 is 11.3 Å². The molecule has 3 rings (SSSR count). The molecule has 2 aromatic rings. The molecule has 1 aliphatic rings. The highest BCUT2D eigenvalue weighted by Crippen LogP contribution is 2.30. The number of hydrogen-bond acceptors (Lipinski definition) is 4. The van der Waals surface area contributed by atoms with Crippen LogP contribution in [-0.2, 0) is 13.0 Å². The first-order valence-electron chi connectivity index (χ1n) is 6.71.